The molecule has 3 aromatic rings. The van der Waals surface area contributed by atoms with Crippen molar-refractivity contribution in [2.75, 3.05) is 16.4 Å². The highest BCUT2D eigenvalue weighted by atomic mass is 32.2. The Kier molecular flexibility index (Phi) is 5.65. The molecule has 0 aliphatic rings. The van der Waals surface area contributed by atoms with Crippen molar-refractivity contribution < 1.29 is 9.59 Å². The third kappa shape index (κ3) is 4.93. The van der Waals surface area contributed by atoms with Gasteiger partial charge in [0, 0.05) is 23.9 Å². The maximum Gasteiger partial charge on any atom is 0.234 e. The lowest BCUT2D eigenvalue weighted by Gasteiger charge is -2.03. The Morgan fingerprint density at radius 3 is 2.58 bits per heavy atom. The van der Waals surface area contributed by atoms with Gasteiger partial charge in [-0.05, 0) is 24.3 Å². The highest BCUT2D eigenvalue weighted by Gasteiger charge is 2.10. The van der Waals surface area contributed by atoms with E-state index in [9.17, 15) is 9.59 Å². The van der Waals surface area contributed by atoms with Crippen LogP contribution in [0.15, 0.2) is 59.8 Å². The standard InChI is InChI=1S/C18H17N5O2S/c1-12(24)19-15-9-5-6-13(10-15)17-21-18(23-22-17)26-11-16(25)20-14-7-3-2-4-8-14/h2-10H,11H2,1H3,(H,19,24)(H,20,25)(H,21,22,23). The number of amides is 2. The lowest BCUT2D eigenvalue weighted by molar-refractivity contribution is -0.114. The fourth-order valence-corrected chi connectivity index (χ4v) is 2.83. The number of hydrogen-bond acceptors (Lipinski definition) is 5. The molecule has 0 radical (unpaired) electrons. The van der Waals surface area contributed by atoms with E-state index in [4.69, 9.17) is 0 Å². The second-order valence-corrected chi connectivity index (χ2v) is 6.37. The number of aromatic amines is 1. The Balaban J connectivity index is 1.59. The topological polar surface area (TPSA) is 99.8 Å². The van der Waals surface area contributed by atoms with Gasteiger partial charge in [-0.2, -0.15) is 0 Å². The molecular formula is C18H17N5O2S. The van der Waals surface area contributed by atoms with E-state index in [1.54, 1.807) is 12.1 Å². The number of carbonyl (C=O) groups excluding carboxylic acids is 2. The summed E-state index contributed by atoms with van der Waals surface area (Å²) in [7, 11) is 0. The maximum atomic E-state index is 12.0. The van der Waals surface area contributed by atoms with Crippen LogP contribution in [0.2, 0.25) is 0 Å². The summed E-state index contributed by atoms with van der Waals surface area (Å²) in [5.41, 5.74) is 2.23. The highest BCUT2D eigenvalue weighted by Crippen LogP contribution is 2.22. The van der Waals surface area contributed by atoms with Crippen LogP contribution in [0.5, 0.6) is 0 Å². The predicted octanol–water partition coefficient (Wildman–Crippen LogP) is 3.16. The van der Waals surface area contributed by atoms with Crippen molar-refractivity contribution >= 4 is 35.0 Å². The first kappa shape index (κ1) is 17.7. The van der Waals surface area contributed by atoms with Crippen molar-refractivity contribution in [1.29, 1.82) is 0 Å². The molecule has 0 fully saturated rings. The predicted molar refractivity (Wildman–Crippen MR) is 102 cm³/mol. The summed E-state index contributed by atoms with van der Waals surface area (Å²) < 4.78 is 0. The van der Waals surface area contributed by atoms with E-state index in [1.807, 2.05) is 42.5 Å². The molecule has 0 atom stereocenters. The lowest BCUT2D eigenvalue weighted by atomic mass is 10.2. The van der Waals surface area contributed by atoms with Crippen LogP contribution < -0.4 is 10.6 Å². The summed E-state index contributed by atoms with van der Waals surface area (Å²) in [6.07, 6.45) is 0. The van der Waals surface area contributed by atoms with Gasteiger partial charge in [-0.3, -0.25) is 14.7 Å². The van der Waals surface area contributed by atoms with Crippen molar-refractivity contribution in [3.8, 4) is 11.4 Å². The average Bonchev–Trinajstić information content (AvgIpc) is 3.10. The molecule has 3 N–H and O–H groups in total. The van der Waals surface area contributed by atoms with E-state index in [0.717, 1.165) is 11.3 Å². The minimum atomic E-state index is -0.139. The van der Waals surface area contributed by atoms with E-state index in [0.29, 0.717) is 16.7 Å². The van der Waals surface area contributed by atoms with Gasteiger partial charge in [0.05, 0.1) is 5.75 Å². The van der Waals surface area contributed by atoms with Crippen LogP contribution in [0.3, 0.4) is 0 Å². The second-order valence-electron chi connectivity index (χ2n) is 5.43. The monoisotopic (exact) mass is 367 g/mol. The zero-order valence-electron chi connectivity index (χ0n) is 14.0. The van der Waals surface area contributed by atoms with Crippen molar-refractivity contribution in [1.82, 2.24) is 15.2 Å². The number of H-pyrrole nitrogens is 1. The first-order valence-electron chi connectivity index (χ1n) is 7.88. The van der Waals surface area contributed by atoms with Crippen LogP contribution in [-0.2, 0) is 9.59 Å². The summed E-state index contributed by atoms with van der Waals surface area (Å²) in [6, 6.07) is 16.6. The third-order valence-corrected chi connectivity index (χ3v) is 4.16. The Hall–Kier alpha value is -3.13. The summed E-state index contributed by atoms with van der Waals surface area (Å²) in [5.74, 6) is 0.516. The van der Waals surface area contributed by atoms with E-state index in [1.165, 1.54) is 18.7 Å². The molecule has 3 rings (SSSR count). The van der Waals surface area contributed by atoms with Crippen LogP contribution >= 0.6 is 11.8 Å². The van der Waals surface area contributed by atoms with Crippen LogP contribution in [0.25, 0.3) is 11.4 Å². The van der Waals surface area contributed by atoms with Crippen molar-refractivity contribution in [2.45, 2.75) is 12.1 Å². The number of nitrogens with zero attached hydrogens (tertiary/aromatic N) is 2. The maximum absolute atomic E-state index is 12.0. The highest BCUT2D eigenvalue weighted by molar-refractivity contribution is 7.99. The van der Waals surface area contributed by atoms with E-state index in [2.05, 4.69) is 25.8 Å². The van der Waals surface area contributed by atoms with Crippen molar-refractivity contribution in [3.05, 3.63) is 54.6 Å². The molecule has 0 saturated heterocycles. The molecule has 1 heterocycles. The molecule has 2 aromatic carbocycles. The van der Waals surface area contributed by atoms with Gasteiger partial charge in [0.1, 0.15) is 0 Å². The first-order valence-corrected chi connectivity index (χ1v) is 8.87. The van der Waals surface area contributed by atoms with E-state index in [-0.39, 0.29) is 17.6 Å². The minimum Gasteiger partial charge on any atom is -0.326 e. The van der Waals surface area contributed by atoms with Gasteiger partial charge in [-0.25, -0.2) is 4.98 Å². The van der Waals surface area contributed by atoms with Crippen LogP contribution in [0.1, 0.15) is 6.92 Å². The normalized spacial score (nSPS) is 10.3. The molecule has 132 valence electrons. The molecule has 2 amide bonds. The average molecular weight is 367 g/mol. The number of hydrogen-bond donors (Lipinski definition) is 3. The van der Waals surface area contributed by atoms with Crippen LogP contribution in [0, 0.1) is 0 Å². The molecule has 0 spiro atoms. The number of nitrogens with one attached hydrogen (secondary N) is 3. The largest absolute Gasteiger partial charge is 0.326 e. The Bertz CT molecular complexity index is 911. The number of benzene rings is 2. The molecule has 0 aliphatic carbocycles. The molecule has 26 heavy (non-hydrogen) atoms. The number of thioether (sulfide) groups is 1. The molecule has 0 aliphatic heterocycles. The quantitative estimate of drug-likeness (QED) is 0.581. The number of para-hydroxylation sites is 1. The first-order chi connectivity index (χ1) is 12.6. The van der Waals surface area contributed by atoms with E-state index < -0.39 is 0 Å². The number of rotatable bonds is 6. The van der Waals surface area contributed by atoms with Gasteiger partial charge in [0.2, 0.25) is 17.0 Å². The zero-order chi connectivity index (χ0) is 18.4. The zero-order valence-corrected chi connectivity index (χ0v) is 14.8. The summed E-state index contributed by atoms with van der Waals surface area (Å²) in [4.78, 5) is 27.5. The van der Waals surface area contributed by atoms with Gasteiger partial charge >= 0.3 is 0 Å². The molecular weight excluding hydrogens is 350 g/mol. The Morgan fingerprint density at radius 2 is 1.81 bits per heavy atom. The summed E-state index contributed by atoms with van der Waals surface area (Å²) >= 11 is 1.24. The van der Waals surface area contributed by atoms with Crippen LogP contribution in [-0.4, -0.2) is 32.7 Å². The van der Waals surface area contributed by atoms with Gasteiger partial charge in [0.15, 0.2) is 5.82 Å². The molecule has 1 aromatic heterocycles. The van der Waals surface area contributed by atoms with Crippen LogP contribution in [0.4, 0.5) is 11.4 Å². The van der Waals surface area contributed by atoms with Gasteiger partial charge < -0.3 is 10.6 Å². The van der Waals surface area contributed by atoms with Crippen molar-refractivity contribution in [3.63, 3.8) is 0 Å². The second kappa shape index (κ2) is 8.30. The summed E-state index contributed by atoms with van der Waals surface area (Å²) in [6.45, 7) is 1.45. The van der Waals surface area contributed by atoms with Gasteiger partial charge in [-0.1, -0.05) is 42.1 Å². The Morgan fingerprint density at radius 1 is 1.04 bits per heavy atom. The van der Waals surface area contributed by atoms with Gasteiger partial charge in [-0.15, -0.1) is 5.10 Å². The number of carbonyl (C=O) groups is 2. The Labute approximate surface area is 154 Å². The third-order valence-electron chi connectivity index (χ3n) is 3.31. The SMILES string of the molecule is CC(=O)Nc1cccc(-c2nc(SCC(=O)Nc3ccccc3)n[nH]2)c1. The fourth-order valence-electron chi connectivity index (χ4n) is 2.24. The molecule has 8 heteroatoms. The lowest BCUT2D eigenvalue weighted by Crippen LogP contribution is -2.13. The number of aromatic nitrogens is 3. The number of anilines is 2. The smallest absolute Gasteiger partial charge is 0.234 e. The fraction of sp³-hybridized carbons (Fsp3) is 0.111. The van der Waals surface area contributed by atoms with Gasteiger partial charge in [0.25, 0.3) is 0 Å². The van der Waals surface area contributed by atoms with E-state index >= 15 is 0 Å². The molecule has 0 bridgehead atoms. The molecule has 7 nitrogen and oxygen atoms in total. The minimum absolute atomic E-state index is 0.125. The summed E-state index contributed by atoms with van der Waals surface area (Å²) in [5, 5.41) is 13.0. The van der Waals surface area contributed by atoms with Crippen molar-refractivity contribution in [2.24, 2.45) is 0 Å². The molecule has 0 saturated carbocycles. The molecule has 0 unspecified atom stereocenters.